The summed E-state index contributed by atoms with van der Waals surface area (Å²) in [6.45, 7) is 2.02. The van der Waals surface area contributed by atoms with Crippen molar-refractivity contribution < 1.29 is 0 Å². The number of nitriles is 2. The van der Waals surface area contributed by atoms with E-state index < -0.39 is 0 Å². The number of terminal acetylenes is 1. The van der Waals surface area contributed by atoms with Crippen LogP contribution in [0.25, 0.3) is 66.9 Å². The third-order valence-corrected chi connectivity index (χ3v) is 9.55. The van der Waals surface area contributed by atoms with Crippen molar-refractivity contribution in [2.45, 2.75) is 19.8 Å². The van der Waals surface area contributed by atoms with E-state index in [1.165, 1.54) is 10.9 Å². The molecule has 2 heterocycles. The SMILES string of the molecule is C#C/C=C(\C=C(/C)c1ccc(-c2cccc(C#N)c2-n2c3ccccc3c3ccccc32)cc1C#N)n1c2c(c3ccccc31)CCC=C2. The van der Waals surface area contributed by atoms with Crippen molar-refractivity contribution in [1.82, 2.24) is 9.13 Å². The van der Waals surface area contributed by atoms with Crippen LogP contribution in [0.5, 0.6) is 0 Å². The van der Waals surface area contributed by atoms with Crippen LogP contribution in [-0.2, 0) is 6.42 Å². The van der Waals surface area contributed by atoms with Crippen molar-refractivity contribution in [3.63, 3.8) is 0 Å². The Morgan fingerprint density at radius 2 is 1.43 bits per heavy atom. The number of fused-ring (bicyclic) bond motifs is 6. The molecule has 0 radical (unpaired) electrons. The highest BCUT2D eigenvalue weighted by molar-refractivity contribution is 6.10. The van der Waals surface area contributed by atoms with E-state index in [2.05, 4.69) is 94.0 Å². The Kier molecular flexibility index (Phi) is 7.30. The highest BCUT2D eigenvalue weighted by Gasteiger charge is 2.21. The molecule has 4 heteroatoms. The first-order valence-electron chi connectivity index (χ1n) is 16.3. The van der Waals surface area contributed by atoms with Gasteiger partial charge in [-0.25, -0.2) is 0 Å². The van der Waals surface area contributed by atoms with Gasteiger partial charge < -0.3 is 9.13 Å². The zero-order valence-electron chi connectivity index (χ0n) is 27.0. The third-order valence-electron chi connectivity index (χ3n) is 9.55. The number of para-hydroxylation sites is 4. The van der Waals surface area contributed by atoms with Crippen LogP contribution in [0.15, 0.2) is 127 Å². The molecule has 230 valence electrons. The molecule has 0 fully saturated rings. The molecule has 7 aromatic rings. The van der Waals surface area contributed by atoms with E-state index in [0.29, 0.717) is 11.1 Å². The summed E-state index contributed by atoms with van der Waals surface area (Å²) in [5.74, 6) is 2.75. The monoisotopic (exact) mass is 626 g/mol. The first-order valence-corrected chi connectivity index (χ1v) is 16.3. The van der Waals surface area contributed by atoms with Crippen molar-refractivity contribution in [1.29, 1.82) is 10.5 Å². The molecular formula is C45H30N4. The Morgan fingerprint density at radius 1 is 0.755 bits per heavy atom. The Bertz CT molecular complexity index is 2650. The third kappa shape index (κ3) is 4.77. The minimum absolute atomic E-state index is 0.543. The van der Waals surface area contributed by atoms with Gasteiger partial charge in [-0.3, -0.25) is 0 Å². The maximum Gasteiger partial charge on any atom is 0.101 e. The normalized spacial score (nSPS) is 12.9. The van der Waals surface area contributed by atoms with E-state index in [1.807, 2.05) is 67.6 Å². The lowest BCUT2D eigenvalue weighted by Gasteiger charge is -2.17. The minimum atomic E-state index is 0.543. The van der Waals surface area contributed by atoms with Gasteiger partial charge in [0.25, 0.3) is 0 Å². The molecule has 2 aromatic heterocycles. The summed E-state index contributed by atoms with van der Waals surface area (Å²) in [4.78, 5) is 0. The van der Waals surface area contributed by atoms with Crippen LogP contribution in [0, 0.1) is 35.0 Å². The summed E-state index contributed by atoms with van der Waals surface area (Å²) < 4.78 is 4.41. The number of aromatic nitrogens is 2. The number of benzene rings is 5. The van der Waals surface area contributed by atoms with Crippen molar-refractivity contribution in [3.05, 3.63) is 155 Å². The Morgan fingerprint density at radius 3 is 2.12 bits per heavy atom. The maximum atomic E-state index is 10.5. The van der Waals surface area contributed by atoms with Crippen LogP contribution in [0.1, 0.15) is 41.3 Å². The van der Waals surface area contributed by atoms with Crippen LogP contribution in [0.2, 0.25) is 0 Å². The van der Waals surface area contributed by atoms with E-state index >= 15 is 0 Å². The molecule has 49 heavy (non-hydrogen) atoms. The Balaban J connectivity index is 1.28. The Hall–Kier alpha value is -6.80. The van der Waals surface area contributed by atoms with Gasteiger partial charge in [0.05, 0.1) is 45.1 Å². The molecule has 0 atom stereocenters. The standard InChI is InChI=1S/C45H30N4/c1-3-13-34(48-41-20-8-4-15-37(41)38-16-5-9-21-42(38)48)26-30(2)35-25-24-31(27-33(35)29-47)36-19-12-14-32(28-46)45(36)49-43-22-10-6-17-39(43)40-18-7-11-23-44(40)49/h1,4,6-15,17-27H,5,16H2,2H3/b30-26+,34-13+. The predicted octanol–water partition coefficient (Wildman–Crippen LogP) is 10.7. The molecule has 0 saturated carbocycles. The molecule has 5 aromatic carbocycles. The second-order valence-corrected chi connectivity index (χ2v) is 12.3. The van der Waals surface area contributed by atoms with Gasteiger partial charge in [-0.15, -0.1) is 6.42 Å². The zero-order valence-corrected chi connectivity index (χ0v) is 27.0. The highest BCUT2D eigenvalue weighted by Crippen LogP contribution is 2.39. The molecule has 0 saturated heterocycles. The van der Waals surface area contributed by atoms with Crippen LogP contribution >= 0.6 is 0 Å². The minimum Gasteiger partial charge on any atom is -0.309 e. The van der Waals surface area contributed by atoms with Gasteiger partial charge >= 0.3 is 0 Å². The van der Waals surface area contributed by atoms with Gasteiger partial charge in [0.2, 0.25) is 0 Å². The average Bonchev–Trinajstić information content (AvgIpc) is 3.67. The first kappa shape index (κ1) is 29.6. The summed E-state index contributed by atoms with van der Waals surface area (Å²) in [5.41, 5.74) is 11.9. The molecule has 0 bridgehead atoms. The summed E-state index contributed by atoms with van der Waals surface area (Å²) >= 11 is 0. The van der Waals surface area contributed by atoms with Crippen molar-refractivity contribution in [2.75, 3.05) is 0 Å². The number of hydrogen-bond acceptors (Lipinski definition) is 2. The summed E-state index contributed by atoms with van der Waals surface area (Å²) in [5, 5.41) is 24.3. The van der Waals surface area contributed by atoms with E-state index in [0.717, 1.165) is 79.5 Å². The van der Waals surface area contributed by atoms with Crippen LogP contribution in [0.4, 0.5) is 0 Å². The molecule has 1 aliphatic rings. The number of rotatable bonds is 5. The molecular weight excluding hydrogens is 597 g/mol. The molecule has 0 spiro atoms. The molecule has 8 rings (SSSR count). The van der Waals surface area contributed by atoms with E-state index in [4.69, 9.17) is 6.42 Å². The average molecular weight is 627 g/mol. The van der Waals surface area contributed by atoms with Crippen LogP contribution in [-0.4, -0.2) is 9.13 Å². The number of hydrogen-bond donors (Lipinski definition) is 0. The summed E-state index contributed by atoms with van der Waals surface area (Å²) in [6.07, 6.45) is 16.2. The van der Waals surface area contributed by atoms with E-state index in [1.54, 1.807) is 6.08 Å². The van der Waals surface area contributed by atoms with Gasteiger partial charge in [0.1, 0.15) is 6.07 Å². The van der Waals surface area contributed by atoms with Crippen molar-refractivity contribution in [3.8, 4) is 41.3 Å². The quantitative estimate of drug-likeness (QED) is 0.141. The Labute approximate surface area is 285 Å². The van der Waals surface area contributed by atoms with Gasteiger partial charge in [0, 0.05) is 33.5 Å². The van der Waals surface area contributed by atoms with Gasteiger partial charge in [-0.1, -0.05) is 90.9 Å². The molecule has 0 N–H and O–H groups in total. The second kappa shape index (κ2) is 12.1. The molecule has 0 amide bonds. The van der Waals surface area contributed by atoms with Gasteiger partial charge in [0.15, 0.2) is 0 Å². The van der Waals surface area contributed by atoms with Crippen molar-refractivity contribution in [2.24, 2.45) is 0 Å². The van der Waals surface area contributed by atoms with E-state index in [-0.39, 0.29) is 0 Å². The van der Waals surface area contributed by atoms with Crippen LogP contribution in [0.3, 0.4) is 0 Å². The topological polar surface area (TPSA) is 57.4 Å². The fraction of sp³-hybridized carbons (Fsp3) is 0.0667. The predicted molar refractivity (Wildman–Crippen MR) is 202 cm³/mol. The maximum absolute atomic E-state index is 10.5. The smallest absolute Gasteiger partial charge is 0.101 e. The zero-order chi connectivity index (χ0) is 33.5. The lowest BCUT2D eigenvalue weighted by Crippen LogP contribution is -2.02. The van der Waals surface area contributed by atoms with Crippen LogP contribution < -0.4 is 0 Å². The second-order valence-electron chi connectivity index (χ2n) is 12.3. The lowest BCUT2D eigenvalue weighted by molar-refractivity contribution is 0.975. The van der Waals surface area contributed by atoms with Crippen molar-refractivity contribution >= 4 is 50.1 Å². The van der Waals surface area contributed by atoms with Gasteiger partial charge in [-0.05, 0) is 84.5 Å². The van der Waals surface area contributed by atoms with E-state index in [9.17, 15) is 10.5 Å². The fourth-order valence-electron chi connectivity index (χ4n) is 7.44. The number of aryl methyl sites for hydroxylation is 1. The fourth-order valence-corrected chi connectivity index (χ4v) is 7.44. The largest absolute Gasteiger partial charge is 0.309 e. The molecule has 1 aliphatic carbocycles. The first-order chi connectivity index (χ1) is 24.1. The molecule has 0 unspecified atom stereocenters. The molecule has 0 aliphatic heterocycles. The molecule has 4 nitrogen and oxygen atoms in total. The summed E-state index contributed by atoms with van der Waals surface area (Å²) in [6, 6.07) is 41.7. The number of nitrogens with zero attached hydrogens (tertiary/aromatic N) is 4. The highest BCUT2D eigenvalue weighted by atomic mass is 15.0. The summed E-state index contributed by atoms with van der Waals surface area (Å²) in [7, 11) is 0. The van der Waals surface area contributed by atoms with Gasteiger partial charge in [-0.2, -0.15) is 10.5 Å². The lowest BCUT2D eigenvalue weighted by atomic mass is 9.93. The number of allylic oxidation sites excluding steroid dienone is 5.